The minimum absolute atomic E-state index is 0.535. The molecule has 1 nitrogen and oxygen atoms in total. The Morgan fingerprint density at radius 1 is 1.29 bits per heavy atom. The van der Waals surface area contributed by atoms with E-state index < -0.39 is 11.6 Å². The first-order valence-electron chi connectivity index (χ1n) is 6.38. The van der Waals surface area contributed by atoms with Crippen molar-refractivity contribution >= 4 is 0 Å². The number of nitrogens with one attached hydrogen (secondary N) is 1. The molecule has 1 aliphatic carbocycles. The van der Waals surface area contributed by atoms with Crippen molar-refractivity contribution in [2.24, 2.45) is 5.92 Å². The maximum absolute atomic E-state index is 13.0. The molecule has 0 saturated heterocycles. The topological polar surface area (TPSA) is 12.0 Å². The highest BCUT2D eigenvalue weighted by molar-refractivity contribution is 5.17. The lowest BCUT2D eigenvalue weighted by Gasteiger charge is -2.17. The van der Waals surface area contributed by atoms with Crippen molar-refractivity contribution in [3.05, 3.63) is 35.4 Å². The lowest BCUT2D eigenvalue weighted by molar-refractivity contribution is 0.428. The third kappa shape index (κ3) is 3.50. The summed E-state index contributed by atoms with van der Waals surface area (Å²) < 4.78 is 25.8. The van der Waals surface area contributed by atoms with Crippen LogP contribution in [0, 0.1) is 17.6 Å². The van der Waals surface area contributed by atoms with Crippen LogP contribution in [0.2, 0.25) is 0 Å². The molecule has 1 unspecified atom stereocenters. The molecule has 94 valence electrons. The molecule has 1 fully saturated rings. The normalized spacial score (nSPS) is 17.1. The molecule has 0 bridgehead atoms. The zero-order chi connectivity index (χ0) is 12.3. The Balaban J connectivity index is 1.89. The van der Waals surface area contributed by atoms with Gasteiger partial charge in [-0.3, -0.25) is 0 Å². The molecule has 3 heteroatoms. The predicted molar refractivity (Wildman–Crippen MR) is 64.6 cm³/mol. The summed E-state index contributed by atoms with van der Waals surface area (Å²) in [5.74, 6) is -0.746. The van der Waals surface area contributed by atoms with Crippen molar-refractivity contribution in [1.82, 2.24) is 5.32 Å². The first-order valence-corrected chi connectivity index (χ1v) is 6.38. The van der Waals surface area contributed by atoms with Crippen LogP contribution in [0.3, 0.4) is 0 Å². The van der Waals surface area contributed by atoms with Crippen LogP contribution in [0.1, 0.15) is 38.2 Å². The lowest BCUT2D eigenvalue weighted by atomic mass is 10.1. The molecule has 0 heterocycles. The van der Waals surface area contributed by atoms with E-state index in [-0.39, 0.29) is 0 Å². The number of hydrogen-bond acceptors (Lipinski definition) is 1. The molecule has 2 rings (SSSR count). The Kier molecular flexibility index (Phi) is 4.11. The monoisotopic (exact) mass is 239 g/mol. The fraction of sp³-hybridized carbons (Fsp3) is 0.571. The van der Waals surface area contributed by atoms with Gasteiger partial charge in [0.15, 0.2) is 11.6 Å². The zero-order valence-electron chi connectivity index (χ0n) is 10.2. The standard InChI is InChI=1S/C14H19F2N/c1-2-3-14(11-5-6-11)17-9-10-4-7-12(15)13(16)8-10/h4,7-8,11,14,17H,2-3,5-6,9H2,1H3. The van der Waals surface area contributed by atoms with Crippen LogP contribution < -0.4 is 5.32 Å². The second-order valence-corrected chi connectivity index (χ2v) is 4.86. The highest BCUT2D eigenvalue weighted by atomic mass is 19.2. The molecular weight excluding hydrogens is 220 g/mol. The molecule has 0 spiro atoms. The number of hydrogen-bond donors (Lipinski definition) is 1. The average molecular weight is 239 g/mol. The summed E-state index contributed by atoms with van der Waals surface area (Å²) >= 11 is 0. The van der Waals surface area contributed by atoms with Crippen LogP contribution in [-0.2, 0) is 6.54 Å². The van der Waals surface area contributed by atoms with Crippen molar-refractivity contribution in [1.29, 1.82) is 0 Å². The SMILES string of the molecule is CCCC(NCc1ccc(F)c(F)c1)C1CC1. The number of rotatable bonds is 6. The highest BCUT2D eigenvalue weighted by Gasteiger charge is 2.29. The lowest BCUT2D eigenvalue weighted by Crippen LogP contribution is -2.30. The molecule has 1 N–H and O–H groups in total. The summed E-state index contributed by atoms with van der Waals surface area (Å²) in [6.45, 7) is 2.80. The molecule has 1 aromatic carbocycles. The third-order valence-electron chi connectivity index (χ3n) is 3.34. The first kappa shape index (κ1) is 12.5. The largest absolute Gasteiger partial charge is 0.310 e. The van der Waals surface area contributed by atoms with E-state index >= 15 is 0 Å². The molecular formula is C14H19F2N. The van der Waals surface area contributed by atoms with Gasteiger partial charge in [0.1, 0.15) is 0 Å². The fourth-order valence-electron chi connectivity index (χ4n) is 2.21. The maximum Gasteiger partial charge on any atom is 0.159 e. The predicted octanol–water partition coefficient (Wildman–Crippen LogP) is 3.63. The molecule has 0 amide bonds. The van der Waals surface area contributed by atoms with Crippen LogP contribution in [0.25, 0.3) is 0 Å². The van der Waals surface area contributed by atoms with Gasteiger partial charge in [-0.25, -0.2) is 8.78 Å². The van der Waals surface area contributed by atoms with Gasteiger partial charge < -0.3 is 5.32 Å². The molecule has 1 aromatic rings. The smallest absolute Gasteiger partial charge is 0.159 e. The van der Waals surface area contributed by atoms with E-state index in [0.717, 1.165) is 24.3 Å². The van der Waals surface area contributed by atoms with Crippen LogP contribution >= 0.6 is 0 Å². The summed E-state index contributed by atoms with van der Waals surface area (Å²) in [6.07, 6.45) is 4.92. The maximum atomic E-state index is 13.0. The summed E-state index contributed by atoms with van der Waals surface area (Å²) in [5.41, 5.74) is 0.811. The van der Waals surface area contributed by atoms with Crippen LogP contribution in [0.4, 0.5) is 8.78 Å². The number of halogens is 2. The van der Waals surface area contributed by atoms with Gasteiger partial charge in [0.25, 0.3) is 0 Å². The van der Waals surface area contributed by atoms with Crippen LogP contribution in [0.5, 0.6) is 0 Å². The first-order chi connectivity index (χ1) is 8.20. The third-order valence-corrected chi connectivity index (χ3v) is 3.34. The van der Waals surface area contributed by atoms with Gasteiger partial charge in [0.2, 0.25) is 0 Å². The van der Waals surface area contributed by atoms with Gasteiger partial charge in [0.05, 0.1) is 0 Å². The molecule has 17 heavy (non-hydrogen) atoms. The Bertz CT molecular complexity index is 374. The van der Waals surface area contributed by atoms with Crippen molar-refractivity contribution in [3.8, 4) is 0 Å². The van der Waals surface area contributed by atoms with Gasteiger partial charge in [-0.1, -0.05) is 19.4 Å². The molecule has 0 aliphatic heterocycles. The number of benzene rings is 1. The van der Waals surface area contributed by atoms with Crippen LogP contribution in [-0.4, -0.2) is 6.04 Å². The summed E-state index contributed by atoms with van der Waals surface area (Å²) in [5, 5.41) is 3.46. The summed E-state index contributed by atoms with van der Waals surface area (Å²) in [6, 6.07) is 4.64. The molecule has 1 aliphatic rings. The van der Waals surface area contributed by atoms with Gasteiger partial charge >= 0.3 is 0 Å². The van der Waals surface area contributed by atoms with Crippen molar-refractivity contribution in [3.63, 3.8) is 0 Å². The second-order valence-electron chi connectivity index (χ2n) is 4.86. The fourth-order valence-corrected chi connectivity index (χ4v) is 2.21. The van der Waals surface area contributed by atoms with Gasteiger partial charge in [-0.05, 0) is 42.9 Å². The minimum atomic E-state index is -0.777. The summed E-state index contributed by atoms with van der Waals surface area (Å²) in [7, 11) is 0. The van der Waals surface area contributed by atoms with E-state index in [1.807, 2.05) is 0 Å². The quantitative estimate of drug-likeness (QED) is 0.799. The summed E-state index contributed by atoms with van der Waals surface area (Å²) in [4.78, 5) is 0. The van der Waals surface area contributed by atoms with Gasteiger partial charge in [0, 0.05) is 12.6 Å². The van der Waals surface area contributed by atoms with E-state index in [0.29, 0.717) is 12.6 Å². The average Bonchev–Trinajstić information content (AvgIpc) is 3.13. The van der Waals surface area contributed by atoms with Crippen molar-refractivity contribution in [2.45, 2.75) is 45.2 Å². The minimum Gasteiger partial charge on any atom is -0.310 e. The van der Waals surface area contributed by atoms with Gasteiger partial charge in [-0.2, -0.15) is 0 Å². The molecule has 1 atom stereocenters. The second kappa shape index (κ2) is 5.58. The Morgan fingerprint density at radius 2 is 2.06 bits per heavy atom. The highest BCUT2D eigenvalue weighted by Crippen LogP contribution is 2.34. The Labute approximate surface area is 101 Å². The molecule has 1 saturated carbocycles. The molecule has 0 radical (unpaired) electrons. The van der Waals surface area contributed by atoms with E-state index in [4.69, 9.17) is 0 Å². The molecule has 0 aromatic heterocycles. The zero-order valence-corrected chi connectivity index (χ0v) is 10.2. The van der Waals surface area contributed by atoms with Crippen molar-refractivity contribution < 1.29 is 8.78 Å². The van der Waals surface area contributed by atoms with Crippen molar-refractivity contribution in [2.75, 3.05) is 0 Å². The van der Waals surface area contributed by atoms with Crippen LogP contribution in [0.15, 0.2) is 18.2 Å². The van der Waals surface area contributed by atoms with E-state index in [2.05, 4.69) is 12.2 Å². The van der Waals surface area contributed by atoms with E-state index in [1.165, 1.54) is 25.0 Å². The Morgan fingerprint density at radius 3 is 2.65 bits per heavy atom. The van der Waals surface area contributed by atoms with E-state index in [1.54, 1.807) is 6.07 Å². The Hall–Kier alpha value is -0.960. The van der Waals surface area contributed by atoms with Gasteiger partial charge in [-0.15, -0.1) is 0 Å². The van der Waals surface area contributed by atoms with E-state index in [9.17, 15) is 8.78 Å².